The smallest absolute Gasteiger partial charge is 0.306 e. The van der Waals surface area contributed by atoms with E-state index in [2.05, 4.69) is 69.4 Å². The molecule has 0 heterocycles. The molecule has 81 heavy (non-hydrogen) atoms. The number of allylic oxidation sites excluding steroid dienone is 8. The van der Waals surface area contributed by atoms with E-state index < -0.39 is 6.10 Å². The van der Waals surface area contributed by atoms with Crippen molar-refractivity contribution in [1.29, 1.82) is 0 Å². The Balaban J connectivity index is 4.25. The fourth-order valence-corrected chi connectivity index (χ4v) is 10.9. The molecule has 6 nitrogen and oxygen atoms in total. The van der Waals surface area contributed by atoms with Crippen LogP contribution in [0.1, 0.15) is 393 Å². The first-order valence-corrected chi connectivity index (χ1v) is 36.1. The Bertz CT molecular complexity index is 1400. The highest BCUT2D eigenvalue weighted by Gasteiger charge is 2.19. The predicted octanol–water partition coefficient (Wildman–Crippen LogP) is 24.9. The molecule has 0 aromatic heterocycles. The lowest BCUT2D eigenvalue weighted by molar-refractivity contribution is -0.167. The van der Waals surface area contributed by atoms with Crippen LogP contribution in [0.25, 0.3) is 0 Å². The van der Waals surface area contributed by atoms with Crippen molar-refractivity contribution in [3.05, 3.63) is 48.6 Å². The van der Waals surface area contributed by atoms with Crippen molar-refractivity contribution in [3.8, 4) is 0 Å². The average molecular weight is 1140 g/mol. The summed E-state index contributed by atoms with van der Waals surface area (Å²) >= 11 is 0. The van der Waals surface area contributed by atoms with Crippen molar-refractivity contribution < 1.29 is 28.6 Å². The summed E-state index contributed by atoms with van der Waals surface area (Å²) in [7, 11) is 0. The van der Waals surface area contributed by atoms with E-state index in [-0.39, 0.29) is 31.1 Å². The van der Waals surface area contributed by atoms with E-state index in [9.17, 15) is 14.4 Å². The molecule has 0 bridgehead atoms. The van der Waals surface area contributed by atoms with Crippen LogP contribution in [-0.2, 0) is 28.6 Å². The minimum Gasteiger partial charge on any atom is -0.462 e. The fraction of sp³-hybridized carbons (Fsp3) is 0.853. The van der Waals surface area contributed by atoms with Gasteiger partial charge in [-0.2, -0.15) is 0 Å². The third-order valence-corrected chi connectivity index (χ3v) is 16.3. The molecule has 0 aliphatic carbocycles. The van der Waals surface area contributed by atoms with Crippen LogP contribution in [-0.4, -0.2) is 37.2 Å². The Kier molecular flexibility index (Phi) is 67.6. The van der Waals surface area contributed by atoms with Crippen molar-refractivity contribution in [3.63, 3.8) is 0 Å². The minimum absolute atomic E-state index is 0.0694. The molecule has 0 fully saturated rings. The van der Waals surface area contributed by atoms with Crippen molar-refractivity contribution in [1.82, 2.24) is 0 Å². The molecule has 0 N–H and O–H groups in total. The second kappa shape index (κ2) is 69.9. The van der Waals surface area contributed by atoms with Crippen LogP contribution >= 0.6 is 0 Å². The lowest BCUT2D eigenvalue weighted by atomic mass is 10.0. The Morgan fingerprint density at radius 1 is 0.247 bits per heavy atom. The van der Waals surface area contributed by atoms with Gasteiger partial charge in [-0.25, -0.2) is 0 Å². The highest BCUT2D eigenvalue weighted by molar-refractivity contribution is 5.71. The van der Waals surface area contributed by atoms with E-state index in [0.29, 0.717) is 19.3 Å². The van der Waals surface area contributed by atoms with Crippen molar-refractivity contribution in [2.75, 3.05) is 13.2 Å². The molecule has 1 unspecified atom stereocenters. The van der Waals surface area contributed by atoms with Gasteiger partial charge in [-0.1, -0.05) is 339 Å². The zero-order chi connectivity index (χ0) is 58.5. The Hall–Kier alpha value is -2.63. The first-order valence-electron chi connectivity index (χ1n) is 36.1. The topological polar surface area (TPSA) is 78.9 Å². The van der Waals surface area contributed by atoms with Crippen LogP contribution in [0.3, 0.4) is 0 Å². The summed E-state index contributed by atoms with van der Waals surface area (Å²) in [6.07, 6.45) is 88.5. The number of rotatable bonds is 67. The number of hydrogen-bond acceptors (Lipinski definition) is 6. The number of ether oxygens (including phenoxy) is 3. The molecular formula is C75H138O6. The first kappa shape index (κ1) is 78.4. The number of carbonyl (C=O) groups is 3. The van der Waals surface area contributed by atoms with Crippen LogP contribution in [0.2, 0.25) is 0 Å². The van der Waals surface area contributed by atoms with E-state index in [1.165, 1.54) is 283 Å². The summed E-state index contributed by atoms with van der Waals surface area (Å²) in [6, 6.07) is 0. The van der Waals surface area contributed by atoms with Gasteiger partial charge in [0, 0.05) is 19.3 Å². The van der Waals surface area contributed by atoms with Gasteiger partial charge in [0.1, 0.15) is 13.2 Å². The highest BCUT2D eigenvalue weighted by atomic mass is 16.6. The van der Waals surface area contributed by atoms with E-state index in [0.717, 1.165) is 70.6 Å². The van der Waals surface area contributed by atoms with Crippen LogP contribution in [0, 0.1) is 0 Å². The maximum atomic E-state index is 13.0. The van der Waals surface area contributed by atoms with E-state index in [1.54, 1.807) is 0 Å². The van der Waals surface area contributed by atoms with Gasteiger partial charge in [-0.3, -0.25) is 14.4 Å². The maximum Gasteiger partial charge on any atom is 0.306 e. The SMILES string of the molecule is CCCCCCC/C=C\C/C=C\C/C=C\CCCCCCCCCCCCC(=O)OCC(COC(=O)CCCCCCCCCCCCCCC)OC(=O)CCCCCCCCCCCCCCC/C=C\CCCCCCCCCC. The summed E-state index contributed by atoms with van der Waals surface area (Å²) in [5.74, 6) is -0.846. The van der Waals surface area contributed by atoms with Crippen molar-refractivity contribution >= 4 is 17.9 Å². The molecule has 0 aromatic rings. The van der Waals surface area contributed by atoms with E-state index in [1.807, 2.05) is 0 Å². The molecule has 0 rings (SSSR count). The minimum atomic E-state index is -0.774. The van der Waals surface area contributed by atoms with Gasteiger partial charge in [0.05, 0.1) is 0 Å². The second-order valence-electron chi connectivity index (χ2n) is 24.5. The molecule has 6 heteroatoms. The zero-order valence-electron chi connectivity index (χ0n) is 54.6. The Labute approximate surface area is 505 Å². The standard InChI is InChI=1S/C75H138O6/c1-4-7-10-13-16-19-22-25-27-29-31-33-35-37-39-41-43-45-47-50-53-56-59-62-65-68-74(77)80-71-72(70-79-73(76)67-64-61-58-55-52-49-24-21-18-15-12-9-6-3)81-75(78)69-66-63-60-57-54-51-48-46-44-42-40-38-36-34-32-30-28-26-23-20-17-14-11-8-5-2/h22,25,29-32,35,37,72H,4-21,23-24,26-28,33-34,36,38-71H2,1-3H3/b25-22-,31-29-,32-30-,37-35-. The largest absolute Gasteiger partial charge is 0.462 e. The molecule has 474 valence electrons. The van der Waals surface area contributed by atoms with E-state index in [4.69, 9.17) is 14.2 Å². The van der Waals surface area contributed by atoms with Gasteiger partial charge >= 0.3 is 17.9 Å². The number of unbranched alkanes of at least 4 members (excludes halogenated alkanes) is 48. The van der Waals surface area contributed by atoms with Gasteiger partial charge in [-0.15, -0.1) is 0 Å². The summed E-state index contributed by atoms with van der Waals surface area (Å²) in [5.41, 5.74) is 0. The molecule has 0 saturated carbocycles. The number of carbonyl (C=O) groups excluding carboxylic acids is 3. The third-order valence-electron chi connectivity index (χ3n) is 16.3. The quantitative estimate of drug-likeness (QED) is 0.0261. The van der Waals surface area contributed by atoms with Gasteiger partial charge in [0.25, 0.3) is 0 Å². The van der Waals surface area contributed by atoms with Gasteiger partial charge < -0.3 is 14.2 Å². The maximum absolute atomic E-state index is 13.0. The molecule has 0 saturated heterocycles. The fourth-order valence-electron chi connectivity index (χ4n) is 10.9. The monoisotopic (exact) mass is 1140 g/mol. The third kappa shape index (κ3) is 68.0. The lowest BCUT2D eigenvalue weighted by Gasteiger charge is -2.18. The molecule has 1 atom stereocenters. The number of esters is 3. The second-order valence-corrected chi connectivity index (χ2v) is 24.5. The average Bonchev–Trinajstić information content (AvgIpc) is 3.46. The summed E-state index contributed by atoms with van der Waals surface area (Å²) in [6.45, 7) is 6.69. The summed E-state index contributed by atoms with van der Waals surface area (Å²) < 4.78 is 17.0. The number of hydrogen-bond donors (Lipinski definition) is 0. The van der Waals surface area contributed by atoms with Gasteiger partial charge in [0.2, 0.25) is 0 Å². The van der Waals surface area contributed by atoms with Gasteiger partial charge in [-0.05, 0) is 83.5 Å². The van der Waals surface area contributed by atoms with E-state index >= 15 is 0 Å². The normalized spacial score (nSPS) is 12.3. The summed E-state index contributed by atoms with van der Waals surface area (Å²) in [4.78, 5) is 38.4. The molecule has 0 aliphatic rings. The van der Waals surface area contributed by atoms with Crippen LogP contribution in [0.15, 0.2) is 48.6 Å². The molecule has 0 radical (unpaired) electrons. The molecule has 0 amide bonds. The van der Waals surface area contributed by atoms with Gasteiger partial charge in [0.15, 0.2) is 6.10 Å². The molecule has 0 spiro atoms. The highest BCUT2D eigenvalue weighted by Crippen LogP contribution is 2.18. The Morgan fingerprint density at radius 3 is 0.704 bits per heavy atom. The molecule has 0 aliphatic heterocycles. The predicted molar refractivity (Wildman–Crippen MR) is 353 cm³/mol. The summed E-state index contributed by atoms with van der Waals surface area (Å²) in [5, 5.41) is 0. The van der Waals surface area contributed by atoms with Crippen LogP contribution in [0.5, 0.6) is 0 Å². The van der Waals surface area contributed by atoms with Crippen molar-refractivity contribution in [2.45, 2.75) is 399 Å². The zero-order valence-corrected chi connectivity index (χ0v) is 54.6. The lowest BCUT2D eigenvalue weighted by Crippen LogP contribution is -2.30. The molecular weight excluding hydrogens is 997 g/mol. The van der Waals surface area contributed by atoms with Crippen LogP contribution in [0.4, 0.5) is 0 Å². The Morgan fingerprint density at radius 2 is 0.444 bits per heavy atom. The van der Waals surface area contributed by atoms with Crippen LogP contribution < -0.4 is 0 Å². The van der Waals surface area contributed by atoms with Crippen molar-refractivity contribution in [2.24, 2.45) is 0 Å². The first-order chi connectivity index (χ1) is 40.0. The molecule has 0 aromatic carbocycles.